The fraction of sp³-hybridized carbons (Fsp3) is 0.238. The molecule has 0 spiro atoms. The van der Waals surface area contributed by atoms with Gasteiger partial charge >= 0.3 is 12.1 Å². The second kappa shape index (κ2) is 7.44. The molecule has 5 nitrogen and oxygen atoms in total. The molecule has 1 atom stereocenters. The van der Waals surface area contributed by atoms with Gasteiger partial charge in [0.15, 0.2) is 0 Å². The lowest BCUT2D eigenvalue weighted by molar-refractivity contribution is 0.0600. The lowest BCUT2D eigenvalue weighted by atomic mass is 9.96. The van der Waals surface area contributed by atoms with Crippen LogP contribution in [0.2, 0.25) is 0 Å². The number of carbonyl (C=O) groups is 2. The summed E-state index contributed by atoms with van der Waals surface area (Å²) < 4.78 is 10.0. The van der Waals surface area contributed by atoms with E-state index in [1.807, 2.05) is 43.3 Å². The number of ether oxygens (including phenoxy) is 2. The summed E-state index contributed by atoms with van der Waals surface area (Å²) in [6.07, 6.45) is 3.43. The molecule has 0 saturated heterocycles. The molecular formula is C21H21NO4. The molecule has 26 heavy (non-hydrogen) atoms. The number of fused-ring (bicyclic) bond motifs is 1. The van der Waals surface area contributed by atoms with Gasteiger partial charge in [0.1, 0.15) is 0 Å². The smallest absolute Gasteiger partial charge is 0.415 e. The van der Waals surface area contributed by atoms with E-state index in [0.29, 0.717) is 11.3 Å². The molecule has 0 unspecified atom stereocenters. The molecule has 0 N–H and O–H groups in total. The van der Waals surface area contributed by atoms with E-state index >= 15 is 0 Å². The van der Waals surface area contributed by atoms with Crippen LogP contribution in [0.1, 0.15) is 40.0 Å². The standard InChI is InChI=1S/C21H21NO4/c1-4-26-21(24)22-18(15-7-5-14(2)6-8-15)11-9-16-13-17(20(23)25-3)10-12-19(16)22/h5-13,18H,4H2,1-3H3/t18-/m1/s1. The number of anilines is 1. The highest BCUT2D eigenvalue weighted by atomic mass is 16.6. The molecule has 1 aliphatic heterocycles. The minimum absolute atomic E-state index is 0.272. The third-order valence-corrected chi connectivity index (χ3v) is 4.33. The van der Waals surface area contributed by atoms with Crippen LogP contribution in [0.4, 0.5) is 10.5 Å². The summed E-state index contributed by atoms with van der Waals surface area (Å²) in [5, 5.41) is 0. The average molecular weight is 351 g/mol. The van der Waals surface area contributed by atoms with Crippen molar-refractivity contribution in [3.05, 3.63) is 70.8 Å². The van der Waals surface area contributed by atoms with Gasteiger partial charge in [-0.15, -0.1) is 0 Å². The average Bonchev–Trinajstić information content (AvgIpc) is 2.66. The number of hydrogen-bond acceptors (Lipinski definition) is 4. The third-order valence-electron chi connectivity index (χ3n) is 4.33. The van der Waals surface area contributed by atoms with Crippen molar-refractivity contribution in [2.24, 2.45) is 0 Å². The summed E-state index contributed by atoms with van der Waals surface area (Å²) >= 11 is 0. The second-order valence-corrected chi connectivity index (χ2v) is 6.05. The minimum Gasteiger partial charge on any atom is -0.465 e. The van der Waals surface area contributed by atoms with Crippen molar-refractivity contribution in [2.45, 2.75) is 19.9 Å². The zero-order valence-corrected chi connectivity index (χ0v) is 15.1. The molecular weight excluding hydrogens is 330 g/mol. The number of aryl methyl sites for hydroxylation is 1. The van der Waals surface area contributed by atoms with Crippen LogP contribution in [-0.2, 0) is 9.47 Å². The number of amides is 1. The van der Waals surface area contributed by atoms with E-state index in [1.165, 1.54) is 7.11 Å². The summed E-state index contributed by atoms with van der Waals surface area (Å²) in [5.74, 6) is -0.412. The zero-order chi connectivity index (χ0) is 18.7. The number of nitrogens with zero attached hydrogens (tertiary/aromatic N) is 1. The molecule has 0 saturated carbocycles. The first-order valence-corrected chi connectivity index (χ1v) is 8.48. The first-order valence-electron chi connectivity index (χ1n) is 8.48. The lowest BCUT2D eigenvalue weighted by Crippen LogP contribution is -2.36. The molecule has 134 valence electrons. The summed E-state index contributed by atoms with van der Waals surface area (Å²) in [4.78, 5) is 26.1. The molecule has 2 aromatic carbocycles. The van der Waals surface area contributed by atoms with Crippen LogP contribution in [0.15, 0.2) is 48.5 Å². The van der Waals surface area contributed by atoms with Gasteiger partial charge in [-0.1, -0.05) is 42.0 Å². The number of rotatable bonds is 3. The van der Waals surface area contributed by atoms with E-state index in [0.717, 1.165) is 16.7 Å². The van der Waals surface area contributed by atoms with Crippen LogP contribution in [-0.4, -0.2) is 25.8 Å². The predicted octanol–water partition coefficient (Wildman–Crippen LogP) is 4.51. The van der Waals surface area contributed by atoms with Gasteiger partial charge in [-0.05, 0) is 43.2 Å². The summed E-state index contributed by atoms with van der Waals surface area (Å²) in [7, 11) is 1.34. The lowest BCUT2D eigenvalue weighted by Gasteiger charge is -2.33. The summed E-state index contributed by atoms with van der Waals surface area (Å²) in [6.45, 7) is 4.09. The number of esters is 1. The molecule has 0 bridgehead atoms. The summed E-state index contributed by atoms with van der Waals surface area (Å²) in [6, 6.07) is 12.9. The Morgan fingerprint density at radius 3 is 2.50 bits per heavy atom. The monoisotopic (exact) mass is 351 g/mol. The van der Waals surface area contributed by atoms with E-state index in [4.69, 9.17) is 9.47 Å². The molecule has 2 aromatic rings. The normalized spacial score (nSPS) is 15.3. The zero-order valence-electron chi connectivity index (χ0n) is 15.1. The van der Waals surface area contributed by atoms with E-state index in [-0.39, 0.29) is 12.6 Å². The predicted molar refractivity (Wildman–Crippen MR) is 100 cm³/mol. The number of carbonyl (C=O) groups excluding carboxylic acids is 2. The maximum atomic E-state index is 12.7. The topological polar surface area (TPSA) is 55.8 Å². The Morgan fingerprint density at radius 1 is 1.12 bits per heavy atom. The maximum Gasteiger partial charge on any atom is 0.415 e. The van der Waals surface area contributed by atoms with Gasteiger partial charge in [0.05, 0.1) is 31.0 Å². The fourth-order valence-corrected chi connectivity index (χ4v) is 3.01. The first kappa shape index (κ1) is 17.7. The van der Waals surface area contributed by atoms with Gasteiger partial charge in [-0.25, -0.2) is 9.59 Å². The van der Waals surface area contributed by atoms with Crippen LogP contribution in [0, 0.1) is 6.92 Å². The number of benzene rings is 2. The van der Waals surface area contributed by atoms with Crippen molar-refractivity contribution in [1.29, 1.82) is 0 Å². The van der Waals surface area contributed by atoms with E-state index in [1.54, 1.807) is 30.0 Å². The Balaban J connectivity index is 2.06. The largest absolute Gasteiger partial charge is 0.465 e. The van der Waals surface area contributed by atoms with Crippen molar-refractivity contribution < 1.29 is 19.1 Å². The van der Waals surface area contributed by atoms with E-state index in [9.17, 15) is 9.59 Å². The second-order valence-electron chi connectivity index (χ2n) is 6.05. The van der Waals surface area contributed by atoms with E-state index in [2.05, 4.69) is 0 Å². The van der Waals surface area contributed by atoms with Gasteiger partial charge in [-0.2, -0.15) is 0 Å². The van der Waals surface area contributed by atoms with E-state index < -0.39 is 12.1 Å². The molecule has 1 heterocycles. The van der Waals surface area contributed by atoms with Crippen molar-refractivity contribution in [2.75, 3.05) is 18.6 Å². The van der Waals surface area contributed by atoms with Gasteiger partial charge < -0.3 is 9.47 Å². The number of hydrogen-bond donors (Lipinski definition) is 0. The maximum absolute atomic E-state index is 12.7. The SMILES string of the molecule is CCOC(=O)N1c2ccc(C(=O)OC)cc2C=C[C@@H]1c1ccc(C)cc1. The van der Waals surface area contributed by atoms with Crippen molar-refractivity contribution >= 4 is 23.8 Å². The highest BCUT2D eigenvalue weighted by Crippen LogP contribution is 2.37. The Morgan fingerprint density at radius 2 is 1.85 bits per heavy atom. The van der Waals surface area contributed by atoms with Crippen molar-refractivity contribution in [3.63, 3.8) is 0 Å². The highest BCUT2D eigenvalue weighted by Gasteiger charge is 2.30. The Bertz CT molecular complexity index is 855. The van der Waals surface area contributed by atoms with Crippen LogP contribution in [0.5, 0.6) is 0 Å². The van der Waals surface area contributed by atoms with Crippen LogP contribution in [0.3, 0.4) is 0 Å². The molecule has 0 aliphatic carbocycles. The van der Waals surface area contributed by atoms with Crippen molar-refractivity contribution in [1.82, 2.24) is 0 Å². The first-order chi connectivity index (χ1) is 12.5. The molecule has 0 aromatic heterocycles. The van der Waals surface area contributed by atoms with Crippen LogP contribution < -0.4 is 4.90 Å². The molecule has 5 heteroatoms. The van der Waals surface area contributed by atoms with Gasteiger partial charge in [0, 0.05) is 0 Å². The third kappa shape index (κ3) is 3.33. The highest BCUT2D eigenvalue weighted by molar-refractivity contribution is 5.97. The van der Waals surface area contributed by atoms with Crippen LogP contribution >= 0.6 is 0 Å². The van der Waals surface area contributed by atoms with Crippen LogP contribution in [0.25, 0.3) is 6.08 Å². The molecule has 1 amide bonds. The minimum atomic E-state index is -0.422. The molecule has 3 rings (SSSR count). The Kier molecular flexibility index (Phi) is 5.07. The summed E-state index contributed by atoms with van der Waals surface area (Å²) in [5.41, 5.74) is 4.05. The molecule has 0 radical (unpaired) electrons. The Labute approximate surface area is 152 Å². The molecule has 0 fully saturated rings. The van der Waals surface area contributed by atoms with Gasteiger partial charge in [0.25, 0.3) is 0 Å². The quantitative estimate of drug-likeness (QED) is 0.763. The van der Waals surface area contributed by atoms with Gasteiger partial charge in [0.2, 0.25) is 0 Å². The Hall–Kier alpha value is -3.08. The fourth-order valence-electron chi connectivity index (χ4n) is 3.01. The molecule has 1 aliphatic rings. The van der Waals surface area contributed by atoms with Gasteiger partial charge in [-0.3, -0.25) is 4.90 Å². The number of methoxy groups -OCH3 is 1. The van der Waals surface area contributed by atoms with Crippen molar-refractivity contribution in [3.8, 4) is 0 Å².